The summed E-state index contributed by atoms with van der Waals surface area (Å²) < 4.78 is 22.3. The Morgan fingerprint density at radius 2 is 1.96 bits per heavy atom. The first-order valence-corrected chi connectivity index (χ1v) is 7.93. The summed E-state index contributed by atoms with van der Waals surface area (Å²) in [5, 5.41) is 20.4. The van der Waals surface area contributed by atoms with E-state index in [4.69, 9.17) is 18.9 Å². The van der Waals surface area contributed by atoms with Gasteiger partial charge >= 0.3 is 0 Å². The van der Waals surface area contributed by atoms with E-state index in [2.05, 4.69) is 6.58 Å². The van der Waals surface area contributed by atoms with Crippen molar-refractivity contribution in [3.8, 4) is 0 Å². The number of hydrogen-bond donors (Lipinski definition) is 2. The summed E-state index contributed by atoms with van der Waals surface area (Å²) in [4.78, 5) is 0. The molecule has 2 fully saturated rings. The first kappa shape index (κ1) is 17.3. The summed E-state index contributed by atoms with van der Waals surface area (Å²) in [7, 11) is 0. The summed E-state index contributed by atoms with van der Waals surface area (Å²) in [5.74, 6) is 0. The smallest absolute Gasteiger partial charge is 0.187 e. The fourth-order valence-electron chi connectivity index (χ4n) is 2.75. The van der Waals surface area contributed by atoms with E-state index < -0.39 is 37.0 Å². The molecule has 0 amide bonds. The van der Waals surface area contributed by atoms with Gasteiger partial charge in [0, 0.05) is 0 Å². The van der Waals surface area contributed by atoms with E-state index in [9.17, 15) is 10.2 Å². The largest absolute Gasteiger partial charge is 0.387 e. The Balaban J connectivity index is 1.61. The molecule has 0 aromatic heterocycles. The van der Waals surface area contributed by atoms with Crippen LogP contribution >= 0.6 is 0 Å². The Hall–Kier alpha value is -1.54. The van der Waals surface area contributed by atoms with Crippen LogP contribution in [0.2, 0.25) is 0 Å². The topological polar surface area (TPSA) is 77.4 Å². The van der Waals surface area contributed by atoms with Gasteiger partial charge in [-0.05, 0) is 11.6 Å². The molecule has 2 N–H and O–H groups in total. The molecule has 24 heavy (non-hydrogen) atoms. The van der Waals surface area contributed by atoms with Gasteiger partial charge in [0.05, 0.1) is 13.2 Å². The quantitative estimate of drug-likeness (QED) is 0.785. The molecule has 130 valence electrons. The first-order chi connectivity index (χ1) is 11.7. The molecule has 1 aromatic carbocycles. The van der Waals surface area contributed by atoms with Crippen molar-refractivity contribution in [2.24, 2.45) is 0 Å². The lowest BCUT2D eigenvalue weighted by molar-refractivity contribution is -0.350. The van der Waals surface area contributed by atoms with E-state index in [1.165, 1.54) is 0 Å². The van der Waals surface area contributed by atoms with Crippen LogP contribution in [0, 0.1) is 0 Å². The second-order valence-electron chi connectivity index (χ2n) is 5.72. The van der Waals surface area contributed by atoms with Gasteiger partial charge in [0.2, 0.25) is 0 Å². The number of aliphatic hydroxyl groups excluding tert-OH is 2. The lowest BCUT2D eigenvalue weighted by atomic mass is 9.98. The van der Waals surface area contributed by atoms with Crippen LogP contribution in [0.3, 0.4) is 0 Å². The lowest BCUT2D eigenvalue weighted by Gasteiger charge is -2.45. The highest BCUT2D eigenvalue weighted by Crippen LogP contribution is 2.29. The Bertz CT molecular complexity index is 558. The number of aliphatic hydroxyl groups is 2. The maximum Gasteiger partial charge on any atom is 0.187 e. The van der Waals surface area contributed by atoms with E-state index in [0.717, 1.165) is 5.56 Å². The van der Waals surface area contributed by atoms with Gasteiger partial charge in [-0.15, -0.1) is 6.58 Å². The van der Waals surface area contributed by atoms with Crippen molar-refractivity contribution in [1.82, 2.24) is 0 Å². The van der Waals surface area contributed by atoms with Crippen LogP contribution in [-0.4, -0.2) is 60.4 Å². The highest BCUT2D eigenvalue weighted by atomic mass is 16.8. The molecule has 6 nitrogen and oxygen atoms in total. The Morgan fingerprint density at radius 3 is 2.71 bits per heavy atom. The van der Waals surface area contributed by atoms with Crippen LogP contribution in [0.5, 0.6) is 0 Å². The average Bonchev–Trinajstić information content (AvgIpc) is 2.63. The molecule has 0 bridgehead atoms. The molecule has 0 aliphatic carbocycles. The van der Waals surface area contributed by atoms with Crippen molar-refractivity contribution < 1.29 is 29.2 Å². The Labute approximate surface area is 140 Å². The molecule has 2 aliphatic heterocycles. The second kappa shape index (κ2) is 8.02. The summed E-state index contributed by atoms with van der Waals surface area (Å²) >= 11 is 0. The highest BCUT2D eigenvalue weighted by Gasteiger charge is 2.48. The molecule has 3 unspecified atom stereocenters. The number of hydrogen-bond acceptors (Lipinski definition) is 6. The van der Waals surface area contributed by atoms with Gasteiger partial charge in [-0.1, -0.05) is 42.5 Å². The summed E-state index contributed by atoms with van der Waals surface area (Å²) in [5.41, 5.74) is 1.02. The van der Waals surface area contributed by atoms with Gasteiger partial charge in [-0.3, -0.25) is 0 Å². The maximum atomic E-state index is 10.3. The normalized spacial score (nSPS) is 36.4. The molecular weight excluding hydrogens is 312 g/mol. The lowest BCUT2D eigenvalue weighted by Crippen LogP contribution is -2.63. The van der Waals surface area contributed by atoms with Crippen LogP contribution in [0.15, 0.2) is 49.1 Å². The Kier molecular flexibility index (Phi) is 5.78. The number of ether oxygens (including phenoxy) is 4. The molecule has 3 rings (SSSR count). The van der Waals surface area contributed by atoms with Gasteiger partial charge in [-0.25, -0.2) is 0 Å². The molecular formula is C18H22O6. The van der Waals surface area contributed by atoms with E-state index in [1.54, 1.807) is 12.2 Å². The van der Waals surface area contributed by atoms with Crippen LogP contribution in [0.25, 0.3) is 6.08 Å². The average molecular weight is 334 g/mol. The molecule has 6 heteroatoms. The van der Waals surface area contributed by atoms with Gasteiger partial charge in [-0.2, -0.15) is 0 Å². The fraction of sp³-hybridized carbons (Fsp3) is 0.444. The van der Waals surface area contributed by atoms with Gasteiger partial charge < -0.3 is 29.2 Å². The SMILES string of the molecule is C=CCO[C@@H]1OC2COC(/C=C/c3ccccc3)O[C@H]2[C@H](O)C1O. The second-order valence-corrected chi connectivity index (χ2v) is 5.72. The first-order valence-electron chi connectivity index (χ1n) is 7.93. The third-order valence-corrected chi connectivity index (χ3v) is 3.98. The zero-order valence-corrected chi connectivity index (χ0v) is 13.2. The van der Waals surface area contributed by atoms with Crippen LogP contribution in [-0.2, 0) is 18.9 Å². The maximum absolute atomic E-state index is 10.3. The van der Waals surface area contributed by atoms with Crippen molar-refractivity contribution in [3.05, 3.63) is 54.6 Å². The molecule has 2 aliphatic rings. The molecule has 6 atom stereocenters. The van der Waals surface area contributed by atoms with E-state index in [0.29, 0.717) is 0 Å². The molecule has 0 radical (unpaired) electrons. The van der Waals surface area contributed by atoms with Crippen LogP contribution < -0.4 is 0 Å². The number of fused-ring (bicyclic) bond motifs is 1. The van der Waals surface area contributed by atoms with Crippen molar-refractivity contribution in [3.63, 3.8) is 0 Å². The van der Waals surface area contributed by atoms with Gasteiger partial charge in [0.15, 0.2) is 12.6 Å². The highest BCUT2D eigenvalue weighted by molar-refractivity contribution is 5.49. The molecule has 2 saturated heterocycles. The van der Waals surface area contributed by atoms with E-state index in [1.807, 2.05) is 36.4 Å². The monoisotopic (exact) mass is 334 g/mol. The van der Waals surface area contributed by atoms with Crippen LogP contribution in [0.4, 0.5) is 0 Å². The van der Waals surface area contributed by atoms with Crippen LogP contribution in [0.1, 0.15) is 5.56 Å². The van der Waals surface area contributed by atoms with Gasteiger partial charge in [0.25, 0.3) is 0 Å². The third kappa shape index (κ3) is 3.92. The molecule has 2 heterocycles. The number of benzene rings is 1. The number of rotatable bonds is 5. The zero-order chi connectivity index (χ0) is 16.9. The van der Waals surface area contributed by atoms with Crippen molar-refractivity contribution in [2.45, 2.75) is 37.0 Å². The molecule has 1 aromatic rings. The fourth-order valence-corrected chi connectivity index (χ4v) is 2.75. The standard InChI is InChI=1S/C18H22O6/c1-2-10-21-18-16(20)15(19)17-13(23-18)11-22-14(24-17)9-8-12-6-4-3-5-7-12/h2-9,13-20H,1,10-11H2/b9-8+/t13?,14?,15-,16?,17-,18-/m1/s1. The third-order valence-electron chi connectivity index (χ3n) is 3.98. The van der Waals surface area contributed by atoms with Gasteiger partial charge in [0.1, 0.15) is 24.4 Å². The van der Waals surface area contributed by atoms with Crippen molar-refractivity contribution in [1.29, 1.82) is 0 Å². The predicted octanol–water partition coefficient (Wildman–Crippen LogP) is 1.09. The van der Waals surface area contributed by atoms with E-state index >= 15 is 0 Å². The minimum absolute atomic E-state index is 0.218. The molecule has 0 spiro atoms. The summed E-state index contributed by atoms with van der Waals surface area (Å²) in [6.45, 7) is 4.00. The predicted molar refractivity (Wildman–Crippen MR) is 86.9 cm³/mol. The minimum atomic E-state index is -1.19. The van der Waals surface area contributed by atoms with Crippen molar-refractivity contribution >= 4 is 6.08 Å². The summed E-state index contributed by atoms with van der Waals surface area (Å²) in [6, 6.07) is 9.75. The minimum Gasteiger partial charge on any atom is -0.387 e. The molecule has 0 saturated carbocycles. The summed E-state index contributed by atoms with van der Waals surface area (Å²) in [6.07, 6.45) is 0.177. The zero-order valence-electron chi connectivity index (χ0n) is 13.2. The van der Waals surface area contributed by atoms with E-state index in [-0.39, 0.29) is 13.2 Å². The Morgan fingerprint density at radius 1 is 1.17 bits per heavy atom. The van der Waals surface area contributed by atoms with Crippen molar-refractivity contribution in [2.75, 3.05) is 13.2 Å².